The highest BCUT2D eigenvalue weighted by atomic mass is 19.4. The maximum atomic E-state index is 13.3. The molecule has 0 radical (unpaired) electrons. The van der Waals surface area contributed by atoms with Crippen molar-refractivity contribution >= 4 is 11.5 Å². The number of carbonyl (C=O) groups is 1. The third-order valence-electron chi connectivity index (χ3n) is 3.66. The number of benzene rings is 2. The van der Waals surface area contributed by atoms with Gasteiger partial charge in [0.1, 0.15) is 0 Å². The molecule has 0 bridgehead atoms. The molecule has 0 aliphatic rings. The Kier molecular flexibility index (Phi) is 6.87. The second-order valence-corrected chi connectivity index (χ2v) is 5.56. The van der Waals surface area contributed by atoms with Crippen molar-refractivity contribution < 1.29 is 27.4 Å². The standard InChI is InChI=1S/C20H20F3NO3/c1-3-27-17-10-9-14(11-18(17)26-2)13-24-19(25)12-16(20(21,22)23)15-7-5-4-6-8-15/h4-12H,3,13H2,1-2H3,(H,24,25)/b16-12-. The minimum absolute atomic E-state index is 0.0536. The lowest BCUT2D eigenvalue weighted by atomic mass is 10.1. The molecule has 2 rings (SSSR count). The van der Waals surface area contributed by atoms with E-state index < -0.39 is 17.7 Å². The summed E-state index contributed by atoms with van der Waals surface area (Å²) in [7, 11) is 1.48. The number of ether oxygens (including phenoxy) is 2. The van der Waals surface area contributed by atoms with Crippen molar-refractivity contribution in [1.29, 1.82) is 0 Å². The summed E-state index contributed by atoms with van der Waals surface area (Å²) in [6.45, 7) is 2.36. The van der Waals surface area contributed by atoms with E-state index in [-0.39, 0.29) is 12.1 Å². The summed E-state index contributed by atoms with van der Waals surface area (Å²) >= 11 is 0. The van der Waals surface area contributed by atoms with Crippen LogP contribution < -0.4 is 14.8 Å². The van der Waals surface area contributed by atoms with Crippen molar-refractivity contribution in [3.63, 3.8) is 0 Å². The number of rotatable bonds is 7. The summed E-state index contributed by atoms with van der Waals surface area (Å²) in [6.07, 6.45) is -4.07. The zero-order valence-electron chi connectivity index (χ0n) is 15.0. The second-order valence-electron chi connectivity index (χ2n) is 5.56. The lowest BCUT2D eigenvalue weighted by Gasteiger charge is -2.13. The molecule has 4 nitrogen and oxygen atoms in total. The quantitative estimate of drug-likeness (QED) is 0.728. The van der Waals surface area contributed by atoms with E-state index in [4.69, 9.17) is 9.47 Å². The summed E-state index contributed by atoms with van der Waals surface area (Å²) in [5.74, 6) is 0.205. The Hall–Kier alpha value is -2.96. The second kappa shape index (κ2) is 9.12. The van der Waals surface area contributed by atoms with E-state index in [1.165, 1.54) is 31.4 Å². The van der Waals surface area contributed by atoms with E-state index in [1.54, 1.807) is 24.3 Å². The Balaban J connectivity index is 2.13. The predicted octanol–water partition coefficient (Wildman–Crippen LogP) is 4.36. The Bertz CT molecular complexity index is 802. The lowest BCUT2D eigenvalue weighted by molar-refractivity contribution is -0.117. The van der Waals surface area contributed by atoms with Gasteiger partial charge < -0.3 is 14.8 Å². The number of halogens is 3. The maximum Gasteiger partial charge on any atom is 0.417 e. The first-order valence-corrected chi connectivity index (χ1v) is 8.27. The molecule has 27 heavy (non-hydrogen) atoms. The Morgan fingerprint density at radius 2 is 1.81 bits per heavy atom. The van der Waals surface area contributed by atoms with Crippen LogP contribution in [0.4, 0.5) is 13.2 Å². The zero-order chi connectivity index (χ0) is 19.9. The van der Waals surface area contributed by atoms with Gasteiger partial charge in [-0.2, -0.15) is 13.2 Å². The van der Waals surface area contributed by atoms with Gasteiger partial charge in [-0.05, 0) is 30.2 Å². The minimum atomic E-state index is -4.64. The van der Waals surface area contributed by atoms with Gasteiger partial charge in [0, 0.05) is 12.6 Å². The molecule has 0 aliphatic carbocycles. The molecule has 0 spiro atoms. The van der Waals surface area contributed by atoms with E-state index in [9.17, 15) is 18.0 Å². The molecule has 0 aliphatic heterocycles. The van der Waals surface area contributed by atoms with Gasteiger partial charge in [-0.3, -0.25) is 4.79 Å². The van der Waals surface area contributed by atoms with Crippen LogP contribution in [0.2, 0.25) is 0 Å². The smallest absolute Gasteiger partial charge is 0.417 e. The molecule has 0 aromatic heterocycles. The van der Waals surface area contributed by atoms with Crippen LogP contribution in [-0.2, 0) is 11.3 Å². The van der Waals surface area contributed by atoms with Gasteiger partial charge >= 0.3 is 6.18 Å². The first-order valence-electron chi connectivity index (χ1n) is 8.27. The van der Waals surface area contributed by atoms with Crippen LogP contribution in [-0.4, -0.2) is 25.8 Å². The van der Waals surface area contributed by atoms with Gasteiger partial charge in [-0.25, -0.2) is 0 Å². The van der Waals surface area contributed by atoms with E-state index in [1.807, 2.05) is 6.92 Å². The van der Waals surface area contributed by atoms with Gasteiger partial charge in [0.2, 0.25) is 5.91 Å². The number of methoxy groups -OCH3 is 1. The number of carbonyl (C=O) groups excluding carboxylic acids is 1. The fraction of sp³-hybridized carbons (Fsp3) is 0.250. The Morgan fingerprint density at radius 1 is 1.11 bits per heavy atom. The fourth-order valence-corrected chi connectivity index (χ4v) is 2.41. The molecule has 0 heterocycles. The van der Waals surface area contributed by atoms with Gasteiger partial charge in [-0.15, -0.1) is 0 Å². The van der Waals surface area contributed by atoms with E-state index in [0.29, 0.717) is 29.7 Å². The predicted molar refractivity (Wildman–Crippen MR) is 96.5 cm³/mol. The van der Waals surface area contributed by atoms with Crippen molar-refractivity contribution in [2.75, 3.05) is 13.7 Å². The third-order valence-corrected chi connectivity index (χ3v) is 3.66. The monoisotopic (exact) mass is 379 g/mol. The van der Waals surface area contributed by atoms with Crippen LogP contribution >= 0.6 is 0 Å². The average molecular weight is 379 g/mol. The van der Waals surface area contributed by atoms with E-state index in [0.717, 1.165) is 0 Å². The maximum absolute atomic E-state index is 13.3. The number of alkyl halides is 3. The van der Waals surface area contributed by atoms with Gasteiger partial charge in [0.25, 0.3) is 0 Å². The minimum Gasteiger partial charge on any atom is -0.493 e. The van der Waals surface area contributed by atoms with Crippen LogP contribution in [0.25, 0.3) is 5.57 Å². The molecule has 0 unspecified atom stereocenters. The summed E-state index contributed by atoms with van der Waals surface area (Å²) in [4.78, 5) is 12.0. The average Bonchev–Trinajstić information content (AvgIpc) is 2.65. The van der Waals surface area contributed by atoms with E-state index in [2.05, 4.69) is 5.32 Å². The Labute approximate surface area is 155 Å². The summed E-state index contributed by atoms with van der Waals surface area (Å²) in [6, 6.07) is 12.3. The number of amides is 1. The molecule has 0 atom stereocenters. The summed E-state index contributed by atoms with van der Waals surface area (Å²) < 4.78 is 50.4. The van der Waals surface area contributed by atoms with Crippen molar-refractivity contribution in [1.82, 2.24) is 5.32 Å². The molecular weight excluding hydrogens is 359 g/mol. The van der Waals surface area contributed by atoms with Crippen LogP contribution in [0.3, 0.4) is 0 Å². The zero-order valence-corrected chi connectivity index (χ0v) is 15.0. The topological polar surface area (TPSA) is 47.6 Å². The van der Waals surface area contributed by atoms with Crippen LogP contribution in [0, 0.1) is 0 Å². The third kappa shape index (κ3) is 5.77. The van der Waals surface area contributed by atoms with Gasteiger partial charge in [-0.1, -0.05) is 36.4 Å². The Morgan fingerprint density at radius 3 is 2.41 bits per heavy atom. The largest absolute Gasteiger partial charge is 0.493 e. The number of hydrogen-bond donors (Lipinski definition) is 1. The molecule has 0 saturated carbocycles. The normalized spacial score (nSPS) is 11.8. The molecule has 2 aromatic carbocycles. The highest BCUT2D eigenvalue weighted by Gasteiger charge is 2.35. The van der Waals surface area contributed by atoms with Gasteiger partial charge in [0.05, 0.1) is 19.3 Å². The molecule has 1 N–H and O–H groups in total. The summed E-state index contributed by atoms with van der Waals surface area (Å²) in [5.41, 5.74) is -0.391. The van der Waals surface area contributed by atoms with Crippen molar-refractivity contribution in [2.45, 2.75) is 19.6 Å². The van der Waals surface area contributed by atoms with Crippen LogP contribution in [0.5, 0.6) is 11.5 Å². The lowest BCUT2D eigenvalue weighted by Crippen LogP contribution is -2.23. The molecule has 2 aromatic rings. The van der Waals surface area contributed by atoms with Crippen LogP contribution in [0.1, 0.15) is 18.1 Å². The number of allylic oxidation sites excluding steroid dienone is 1. The van der Waals surface area contributed by atoms with Crippen molar-refractivity contribution in [2.24, 2.45) is 0 Å². The van der Waals surface area contributed by atoms with Crippen molar-refractivity contribution in [3.05, 3.63) is 65.7 Å². The number of nitrogens with one attached hydrogen (secondary N) is 1. The van der Waals surface area contributed by atoms with E-state index >= 15 is 0 Å². The van der Waals surface area contributed by atoms with Gasteiger partial charge in [0.15, 0.2) is 11.5 Å². The summed E-state index contributed by atoms with van der Waals surface area (Å²) in [5, 5.41) is 2.46. The SMILES string of the molecule is CCOc1ccc(CNC(=O)/C=C(/c2ccccc2)C(F)(F)F)cc1OC. The first kappa shape index (κ1) is 20.4. The highest BCUT2D eigenvalue weighted by Crippen LogP contribution is 2.33. The number of hydrogen-bond acceptors (Lipinski definition) is 3. The molecule has 1 amide bonds. The van der Waals surface area contributed by atoms with Crippen molar-refractivity contribution in [3.8, 4) is 11.5 Å². The molecule has 0 fully saturated rings. The van der Waals surface area contributed by atoms with Crippen LogP contribution in [0.15, 0.2) is 54.6 Å². The highest BCUT2D eigenvalue weighted by molar-refractivity contribution is 5.96. The molecule has 7 heteroatoms. The molecule has 0 saturated heterocycles. The first-order chi connectivity index (χ1) is 12.8. The fourth-order valence-electron chi connectivity index (χ4n) is 2.41. The molecule has 144 valence electrons. The molecular formula is C20H20F3NO3.